The molecule has 0 amide bonds. The highest BCUT2D eigenvalue weighted by Gasteiger charge is 1.92. The van der Waals surface area contributed by atoms with Crippen LogP contribution in [0.3, 0.4) is 0 Å². The van der Waals surface area contributed by atoms with Crippen molar-refractivity contribution in [2.75, 3.05) is 7.05 Å². The van der Waals surface area contributed by atoms with Crippen molar-refractivity contribution in [3.63, 3.8) is 0 Å². The zero-order valence-electron chi connectivity index (χ0n) is 7.21. The minimum Gasteiger partial charge on any atom is -0.316 e. The fourth-order valence-electron chi connectivity index (χ4n) is 1.09. The molecule has 0 aliphatic rings. The van der Waals surface area contributed by atoms with Crippen LogP contribution in [0.25, 0.3) is 0 Å². The number of hydrogen-bond acceptors (Lipinski definition) is 2. The quantitative estimate of drug-likeness (QED) is 0.674. The van der Waals surface area contributed by atoms with E-state index in [1.54, 1.807) is 0 Å². The van der Waals surface area contributed by atoms with Crippen molar-refractivity contribution >= 4 is 6.29 Å². The molecule has 0 saturated heterocycles. The fraction of sp³-hybridized carbons (Fsp3) is 0.300. The van der Waals surface area contributed by atoms with Crippen LogP contribution in [0, 0.1) is 0 Å². The second-order valence-corrected chi connectivity index (χ2v) is 2.72. The molecule has 1 rings (SSSR count). The lowest BCUT2D eigenvalue weighted by Crippen LogP contribution is -2.04. The molecule has 0 aliphatic heterocycles. The van der Waals surface area contributed by atoms with Gasteiger partial charge in [0, 0.05) is 13.0 Å². The van der Waals surface area contributed by atoms with Gasteiger partial charge < -0.3 is 10.1 Å². The number of nitrogens with one attached hydrogen (secondary N) is 1. The smallest absolute Gasteiger partial charge is 0.124 e. The van der Waals surface area contributed by atoms with Gasteiger partial charge in [-0.15, -0.1) is 0 Å². The van der Waals surface area contributed by atoms with E-state index in [4.69, 9.17) is 0 Å². The molecule has 0 spiro atoms. The van der Waals surface area contributed by atoms with E-state index < -0.39 is 0 Å². The first-order valence-corrected chi connectivity index (χ1v) is 4.03. The predicted octanol–water partition coefficient (Wildman–Crippen LogP) is 1.15. The van der Waals surface area contributed by atoms with Crippen molar-refractivity contribution in [3.05, 3.63) is 35.4 Å². The summed E-state index contributed by atoms with van der Waals surface area (Å²) >= 11 is 0. The van der Waals surface area contributed by atoms with E-state index in [0.717, 1.165) is 18.4 Å². The molecule has 0 radical (unpaired) electrons. The van der Waals surface area contributed by atoms with Gasteiger partial charge in [0.25, 0.3) is 0 Å². The summed E-state index contributed by atoms with van der Waals surface area (Å²) in [6.07, 6.45) is 1.44. The Hall–Kier alpha value is -1.15. The van der Waals surface area contributed by atoms with Crippen LogP contribution in [0.15, 0.2) is 24.3 Å². The number of hydrogen-bond donors (Lipinski definition) is 1. The van der Waals surface area contributed by atoms with Crippen molar-refractivity contribution in [2.24, 2.45) is 0 Å². The molecule has 0 unspecified atom stereocenters. The molecule has 12 heavy (non-hydrogen) atoms. The Bertz CT molecular complexity index is 241. The Morgan fingerprint density at radius 2 is 1.83 bits per heavy atom. The molecule has 64 valence electrons. The summed E-state index contributed by atoms with van der Waals surface area (Å²) in [6, 6.07) is 8.05. The highest BCUT2D eigenvalue weighted by molar-refractivity contribution is 5.54. The maximum absolute atomic E-state index is 10.2. The lowest BCUT2D eigenvalue weighted by molar-refractivity contribution is -0.107. The third-order valence-corrected chi connectivity index (χ3v) is 1.72. The first kappa shape index (κ1) is 8.94. The summed E-state index contributed by atoms with van der Waals surface area (Å²) in [6.45, 7) is 0.876. The van der Waals surface area contributed by atoms with Gasteiger partial charge in [-0.1, -0.05) is 24.3 Å². The summed E-state index contributed by atoms with van der Waals surface area (Å²) in [5, 5.41) is 3.07. The van der Waals surface area contributed by atoms with Crippen LogP contribution < -0.4 is 5.32 Å². The summed E-state index contributed by atoms with van der Waals surface area (Å²) in [5.41, 5.74) is 2.32. The molecule has 1 N–H and O–H groups in total. The number of carbonyl (C=O) groups excluding carboxylic acids is 1. The first-order chi connectivity index (χ1) is 5.86. The van der Waals surface area contributed by atoms with E-state index in [-0.39, 0.29) is 0 Å². The molecule has 0 saturated carbocycles. The van der Waals surface area contributed by atoms with Crippen LogP contribution in [0.4, 0.5) is 0 Å². The number of carbonyl (C=O) groups is 1. The lowest BCUT2D eigenvalue weighted by atomic mass is 10.1. The van der Waals surface area contributed by atoms with E-state index in [1.165, 1.54) is 5.56 Å². The molecule has 1 aromatic carbocycles. The highest BCUT2D eigenvalue weighted by atomic mass is 16.1. The van der Waals surface area contributed by atoms with Crippen molar-refractivity contribution in [3.8, 4) is 0 Å². The molecule has 1 aromatic rings. The Morgan fingerprint density at radius 3 is 2.33 bits per heavy atom. The van der Waals surface area contributed by atoms with Crippen LogP contribution in [-0.2, 0) is 17.8 Å². The maximum atomic E-state index is 10.2. The summed E-state index contributed by atoms with van der Waals surface area (Å²) in [5.74, 6) is 0. The Morgan fingerprint density at radius 1 is 1.25 bits per heavy atom. The van der Waals surface area contributed by atoms with Crippen molar-refractivity contribution in [1.29, 1.82) is 0 Å². The monoisotopic (exact) mass is 163 g/mol. The van der Waals surface area contributed by atoms with Crippen LogP contribution in [0.5, 0.6) is 0 Å². The molecule has 2 nitrogen and oxygen atoms in total. The topological polar surface area (TPSA) is 29.1 Å². The molecule has 0 heterocycles. The molecule has 0 bridgehead atoms. The Balaban J connectivity index is 2.64. The van der Waals surface area contributed by atoms with E-state index >= 15 is 0 Å². The third kappa shape index (κ3) is 2.47. The summed E-state index contributed by atoms with van der Waals surface area (Å²) < 4.78 is 0. The molecule has 0 aliphatic carbocycles. The van der Waals surface area contributed by atoms with Crippen LogP contribution in [0.2, 0.25) is 0 Å². The van der Waals surface area contributed by atoms with Crippen LogP contribution in [0.1, 0.15) is 11.1 Å². The largest absolute Gasteiger partial charge is 0.316 e. The Labute approximate surface area is 72.6 Å². The fourth-order valence-corrected chi connectivity index (χ4v) is 1.09. The summed E-state index contributed by atoms with van der Waals surface area (Å²) in [7, 11) is 1.92. The number of aldehydes is 1. The van der Waals surface area contributed by atoms with Gasteiger partial charge in [0.1, 0.15) is 6.29 Å². The van der Waals surface area contributed by atoms with Crippen LogP contribution >= 0.6 is 0 Å². The van der Waals surface area contributed by atoms with Gasteiger partial charge in [0.05, 0.1) is 0 Å². The zero-order chi connectivity index (χ0) is 8.81. The van der Waals surface area contributed by atoms with Gasteiger partial charge in [-0.25, -0.2) is 0 Å². The van der Waals surface area contributed by atoms with Gasteiger partial charge in [-0.05, 0) is 18.2 Å². The average Bonchev–Trinajstić information content (AvgIpc) is 2.09. The van der Waals surface area contributed by atoms with E-state index in [9.17, 15) is 4.79 Å². The minimum absolute atomic E-state index is 0.514. The Kier molecular flexibility index (Phi) is 3.48. The maximum Gasteiger partial charge on any atom is 0.124 e. The van der Waals surface area contributed by atoms with Gasteiger partial charge >= 0.3 is 0 Å². The van der Waals surface area contributed by atoms with Crippen molar-refractivity contribution in [2.45, 2.75) is 13.0 Å². The molecular formula is C10H13NO. The van der Waals surface area contributed by atoms with Gasteiger partial charge in [-0.2, -0.15) is 0 Å². The standard InChI is InChI=1S/C10H13NO/c1-11-8-10-4-2-9(3-5-10)6-7-12/h2-5,7,11H,6,8H2,1H3. The SMILES string of the molecule is CNCc1ccc(CC=O)cc1. The molecule has 0 atom stereocenters. The van der Waals surface area contributed by atoms with E-state index in [1.807, 2.05) is 31.3 Å². The number of benzene rings is 1. The van der Waals surface area contributed by atoms with Crippen LogP contribution in [-0.4, -0.2) is 13.3 Å². The predicted molar refractivity (Wildman–Crippen MR) is 49.0 cm³/mol. The molecule has 2 heteroatoms. The zero-order valence-corrected chi connectivity index (χ0v) is 7.21. The van der Waals surface area contributed by atoms with Gasteiger partial charge in [-0.3, -0.25) is 0 Å². The lowest BCUT2D eigenvalue weighted by Gasteiger charge is -2.00. The highest BCUT2D eigenvalue weighted by Crippen LogP contribution is 2.03. The van der Waals surface area contributed by atoms with Gasteiger partial charge in [0.2, 0.25) is 0 Å². The first-order valence-electron chi connectivity index (χ1n) is 4.03. The number of rotatable bonds is 4. The molecular weight excluding hydrogens is 150 g/mol. The molecule has 0 aromatic heterocycles. The summed E-state index contributed by atoms with van der Waals surface area (Å²) in [4.78, 5) is 10.2. The second-order valence-electron chi connectivity index (χ2n) is 2.72. The van der Waals surface area contributed by atoms with E-state index in [0.29, 0.717) is 6.42 Å². The van der Waals surface area contributed by atoms with E-state index in [2.05, 4.69) is 5.32 Å². The van der Waals surface area contributed by atoms with Gasteiger partial charge in [0.15, 0.2) is 0 Å². The minimum atomic E-state index is 0.514. The second kappa shape index (κ2) is 4.67. The normalized spacial score (nSPS) is 9.75. The third-order valence-electron chi connectivity index (χ3n) is 1.72. The van der Waals surface area contributed by atoms with Crippen molar-refractivity contribution < 1.29 is 4.79 Å². The average molecular weight is 163 g/mol. The van der Waals surface area contributed by atoms with Crippen molar-refractivity contribution in [1.82, 2.24) is 5.32 Å². The molecule has 0 fully saturated rings.